The summed E-state index contributed by atoms with van der Waals surface area (Å²) in [6, 6.07) is 12.0. The van der Waals surface area contributed by atoms with Crippen molar-refractivity contribution < 1.29 is 28.4 Å². The standard InChI is InChI=1S/C25H24N4O7/c1-14(2)23(27-24(30)17-6-8-21-22(11-17)35-13-34-21)25(31)28-26-12-18-7-9-20(36-18)16-5-4-15(3)19(10-16)29(32)33/h4-12,14,23H,13H2,1-3H3,(H,27,30)(H,28,31)/b26-12-/t23-/m1/s1. The number of hydrazone groups is 1. The van der Waals surface area contributed by atoms with Crippen LogP contribution in [0, 0.1) is 23.0 Å². The van der Waals surface area contributed by atoms with Gasteiger partial charge in [-0.05, 0) is 43.2 Å². The monoisotopic (exact) mass is 492 g/mol. The lowest BCUT2D eigenvalue weighted by Crippen LogP contribution is -2.48. The number of rotatable bonds is 8. The van der Waals surface area contributed by atoms with E-state index < -0.39 is 22.8 Å². The zero-order valence-electron chi connectivity index (χ0n) is 19.8. The lowest BCUT2D eigenvalue weighted by molar-refractivity contribution is -0.385. The Kier molecular flexibility index (Phi) is 7.00. The van der Waals surface area contributed by atoms with Crippen LogP contribution in [0.3, 0.4) is 0 Å². The van der Waals surface area contributed by atoms with Crippen molar-refractivity contribution in [1.29, 1.82) is 0 Å². The fourth-order valence-corrected chi connectivity index (χ4v) is 3.56. The molecule has 2 N–H and O–H groups in total. The maximum atomic E-state index is 12.7. The second kappa shape index (κ2) is 10.3. The Morgan fingerprint density at radius 1 is 1.08 bits per heavy atom. The van der Waals surface area contributed by atoms with Crippen molar-refractivity contribution in [3.63, 3.8) is 0 Å². The lowest BCUT2D eigenvalue weighted by Gasteiger charge is -2.20. The summed E-state index contributed by atoms with van der Waals surface area (Å²) in [5.41, 5.74) is 3.83. The third kappa shape index (κ3) is 5.35. The molecule has 11 heteroatoms. The third-order valence-electron chi connectivity index (χ3n) is 5.55. The molecule has 4 rings (SSSR count). The Bertz CT molecular complexity index is 1350. The second-order valence-electron chi connectivity index (χ2n) is 8.46. The van der Waals surface area contributed by atoms with Crippen molar-refractivity contribution in [3.05, 3.63) is 75.5 Å². The highest BCUT2D eigenvalue weighted by Crippen LogP contribution is 2.32. The number of aryl methyl sites for hydroxylation is 1. The molecule has 0 saturated carbocycles. The molecule has 0 saturated heterocycles. The Morgan fingerprint density at radius 2 is 1.86 bits per heavy atom. The van der Waals surface area contributed by atoms with E-state index in [4.69, 9.17) is 13.9 Å². The molecule has 36 heavy (non-hydrogen) atoms. The summed E-state index contributed by atoms with van der Waals surface area (Å²) >= 11 is 0. The number of carbonyl (C=O) groups excluding carboxylic acids is 2. The van der Waals surface area contributed by atoms with Crippen LogP contribution in [-0.4, -0.2) is 35.8 Å². The maximum Gasteiger partial charge on any atom is 0.273 e. The van der Waals surface area contributed by atoms with Crippen molar-refractivity contribution in [1.82, 2.24) is 10.7 Å². The summed E-state index contributed by atoms with van der Waals surface area (Å²) in [5, 5.41) is 17.8. The molecule has 0 spiro atoms. The summed E-state index contributed by atoms with van der Waals surface area (Å²) in [6.45, 7) is 5.35. The number of hydrogen-bond donors (Lipinski definition) is 2. The molecular formula is C25H24N4O7. The minimum absolute atomic E-state index is 0.00565. The Labute approximate surface area is 206 Å². The molecule has 0 fully saturated rings. The Balaban J connectivity index is 1.39. The van der Waals surface area contributed by atoms with Gasteiger partial charge >= 0.3 is 0 Å². The summed E-state index contributed by atoms with van der Waals surface area (Å²) in [5.74, 6) is 0.619. The number of nitro benzene ring substituents is 1. The van der Waals surface area contributed by atoms with Gasteiger partial charge in [-0.15, -0.1) is 0 Å². The lowest BCUT2D eigenvalue weighted by atomic mass is 10.0. The first-order chi connectivity index (χ1) is 17.2. The number of nitrogens with zero attached hydrogens (tertiary/aromatic N) is 2. The number of nitrogens with one attached hydrogen (secondary N) is 2. The minimum atomic E-state index is -0.847. The molecular weight excluding hydrogens is 468 g/mol. The molecule has 1 aliphatic heterocycles. The van der Waals surface area contributed by atoms with E-state index in [0.717, 1.165) is 0 Å². The van der Waals surface area contributed by atoms with E-state index in [1.54, 1.807) is 63.2 Å². The summed E-state index contributed by atoms with van der Waals surface area (Å²) in [7, 11) is 0. The molecule has 1 aromatic heterocycles. The highest BCUT2D eigenvalue weighted by molar-refractivity contribution is 5.98. The van der Waals surface area contributed by atoms with Crippen LogP contribution in [0.5, 0.6) is 11.5 Å². The Morgan fingerprint density at radius 3 is 2.61 bits per heavy atom. The number of furan rings is 1. The molecule has 11 nitrogen and oxygen atoms in total. The second-order valence-corrected chi connectivity index (χ2v) is 8.46. The molecule has 0 unspecified atom stereocenters. The van der Waals surface area contributed by atoms with Crippen LogP contribution >= 0.6 is 0 Å². The van der Waals surface area contributed by atoms with Gasteiger partial charge in [-0.2, -0.15) is 5.10 Å². The third-order valence-corrected chi connectivity index (χ3v) is 5.55. The zero-order valence-corrected chi connectivity index (χ0v) is 19.8. The number of fused-ring (bicyclic) bond motifs is 1. The molecule has 2 heterocycles. The van der Waals surface area contributed by atoms with Gasteiger partial charge in [-0.3, -0.25) is 19.7 Å². The molecule has 186 valence electrons. The van der Waals surface area contributed by atoms with Crippen molar-refractivity contribution >= 4 is 23.7 Å². The van der Waals surface area contributed by atoms with E-state index in [9.17, 15) is 19.7 Å². The molecule has 3 aromatic rings. The van der Waals surface area contributed by atoms with Gasteiger partial charge in [0.05, 0.1) is 11.1 Å². The first-order valence-electron chi connectivity index (χ1n) is 11.1. The van der Waals surface area contributed by atoms with E-state index in [2.05, 4.69) is 15.8 Å². The number of hydrogen-bond acceptors (Lipinski definition) is 8. The molecule has 2 aromatic carbocycles. The molecule has 1 aliphatic rings. The number of nitro groups is 1. The van der Waals surface area contributed by atoms with Gasteiger partial charge in [-0.25, -0.2) is 5.43 Å². The van der Waals surface area contributed by atoms with E-state index in [1.807, 2.05) is 0 Å². The normalized spacial score (nSPS) is 13.1. The largest absolute Gasteiger partial charge is 0.455 e. The van der Waals surface area contributed by atoms with Crippen LogP contribution in [-0.2, 0) is 4.79 Å². The predicted molar refractivity (Wildman–Crippen MR) is 130 cm³/mol. The summed E-state index contributed by atoms with van der Waals surface area (Å²) < 4.78 is 16.2. The number of carbonyl (C=O) groups is 2. The first-order valence-corrected chi connectivity index (χ1v) is 11.1. The average molecular weight is 492 g/mol. The van der Waals surface area contributed by atoms with Gasteiger partial charge in [-0.1, -0.05) is 26.0 Å². The van der Waals surface area contributed by atoms with Gasteiger partial charge < -0.3 is 19.2 Å². The van der Waals surface area contributed by atoms with Crippen LogP contribution < -0.4 is 20.2 Å². The maximum absolute atomic E-state index is 12.7. The summed E-state index contributed by atoms with van der Waals surface area (Å²) in [4.78, 5) is 36.1. The van der Waals surface area contributed by atoms with Gasteiger partial charge in [0, 0.05) is 22.8 Å². The highest BCUT2D eigenvalue weighted by Gasteiger charge is 2.25. The van der Waals surface area contributed by atoms with Crippen LogP contribution in [0.1, 0.15) is 35.5 Å². The fraction of sp³-hybridized carbons (Fsp3) is 0.240. The predicted octanol–water partition coefficient (Wildman–Crippen LogP) is 3.80. The van der Waals surface area contributed by atoms with Crippen molar-refractivity contribution in [2.45, 2.75) is 26.8 Å². The molecule has 1 atom stereocenters. The van der Waals surface area contributed by atoms with Crippen LogP contribution in [0.4, 0.5) is 5.69 Å². The van der Waals surface area contributed by atoms with Gasteiger partial charge in [0.1, 0.15) is 17.6 Å². The summed E-state index contributed by atoms with van der Waals surface area (Å²) in [6.07, 6.45) is 1.31. The molecule has 2 amide bonds. The zero-order chi connectivity index (χ0) is 25.8. The molecule has 0 radical (unpaired) electrons. The van der Waals surface area contributed by atoms with Crippen molar-refractivity contribution in [2.24, 2.45) is 11.0 Å². The van der Waals surface area contributed by atoms with Crippen molar-refractivity contribution in [2.75, 3.05) is 6.79 Å². The number of benzene rings is 2. The topological polar surface area (TPSA) is 145 Å². The van der Waals surface area contributed by atoms with Gasteiger partial charge in [0.2, 0.25) is 6.79 Å². The van der Waals surface area contributed by atoms with Crippen LogP contribution in [0.2, 0.25) is 0 Å². The fourth-order valence-electron chi connectivity index (χ4n) is 3.56. The van der Waals surface area contributed by atoms with Crippen LogP contribution in [0.15, 0.2) is 58.0 Å². The number of ether oxygens (including phenoxy) is 2. The van der Waals surface area contributed by atoms with E-state index >= 15 is 0 Å². The SMILES string of the molecule is Cc1ccc(-c2ccc(/C=N\NC(=O)[C@H](NC(=O)c3ccc4c(c3)OCO4)C(C)C)o2)cc1[N+](=O)[O-]. The van der Waals surface area contributed by atoms with Gasteiger partial charge in [0.25, 0.3) is 17.5 Å². The smallest absolute Gasteiger partial charge is 0.273 e. The van der Waals surface area contributed by atoms with E-state index in [0.29, 0.717) is 39.7 Å². The molecule has 0 aliphatic carbocycles. The highest BCUT2D eigenvalue weighted by atomic mass is 16.7. The quantitative estimate of drug-likeness (QED) is 0.276. The Hall–Kier alpha value is -4.67. The van der Waals surface area contributed by atoms with Gasteiger partial charge in [0.15, 0.2) is 11.5 Å². The average Bonchev–Trinajstić information content (AvgIpc) is 3.51. The first kappa shape index (κ1) is 24.5. The van der Waals surface area contributed by atoms with Crippen LogP contribution in [0.25, 0.3) is 11.3 Å². The molecule has 0 bridgehead atoms. The van der Waals surface area contributed by atoms with E-state index in [1.165, 1.54) is 12.3 Å². The van der Waals surface area contributed by atoms with E-state index in [-0.39, 0.29) is 18.4 Å². The number of amides is 2. The minimum Gasteiger partial charge on any atom is -0.455 e. The van der Waals surface area contributed by atoms with Crippen molar-refractivity contribution in [3.8, 4) is 22.8 Å².